The zero-order valence-electron chi connectivity index (χ0n) is 15.6. The lowest BCUT2D eigenvalue weighted by molar-refractivity contribution is 0.360. The molecule has 0 saturated heterocycles. The zero-order chi connectivity index (χ0) is 17.1. The van der Waals surface area contributed by atoms with E-state index in [-0.39, 0.29) is 5.41 Å². The molecule has 2 aromatic rings. The third-order valence-corrected chi connectivity index (χ3v) is 4.10. The maximum absolute atomic E-state index is 4.28. The molecule has 0 N–H and O–H groups in total. The van der Waals surface area contributed by atoms with E-state index in [0.29, 0.717) is 5.41 Å². The van der Waals surface area contributed by atoms with Crippen molar-refractivity contribution in [1.29, 1.82) is 0 Å². The van der Waals surface area contributed by atoms with Gasteiger partial charge >= 0.3 is 0 Å². The first-order valence-electron chi connectivity index (χ1n) is 8.67. The largest absolute Gasteiger partial charge is 0.220 e. The number of benzene rings is 1. The third kappa shape index (κ3) is 5.49. The highest BCUT2D eigenvalue weighted by molar-refractivity contribution is 5.34. The molecule has 0 bridgehead atoms. The van der Waals surface area contributed by atoms with Crippen molar-refractivity contribution in [3.63, 3.8) is 0 Å². The molecule has 23 heavy (non-hydrogen) atoms. The smallest absolute Gasteiger partial charge is 0.0885 e. The summed E-state index contributed by atoms with van der Waals surface area (Å²) in [5.74, 6) is 0. The Morgan fingerprint density at radius 1 is 0.913 bits per heavy atom. The van der Waals surface area contributed by atoms with Crippen LogP contribution in [-0.4, -0.2) is 15.0 Å². The summed E-state index contributed by atoms with van der Waals surface area (Å²) >= 11 is 0. The normalized spacial score (nSPS) is 12.6. The third-order valence-electron chi connectivity index (χ3n) is 4.10. The molecular formula is C20H31N3. The average molecular weight is 313 g/mol. The van der Waals surface area contributed by atoms with Crippen molar-refractivity contribution in [2.45, 2.75) is 72.6 Å². The summed E-state index contributed by atoms with van der Waals surface area (Å²) in [4.78, 5) is 0. The molecule has 3 nitrogen and oxygen atoms in total. The number of hydrogen-bond donors (Lipinski definition) is 0. The van der Waals surface area contributed by atoms with Gasteiger partial charge in [0, 0.05) is 5.41 Å². The van der Waals surface area contributed by atoms with E-state index in [1.807, 2.05) is 10.9 Å². The second-order valence-corrected chi connectivity index (χ2v) is 8.73. The Hall–Kier alpha value is -1.64. The van der Waals surface area contributed by atoms with E-state index in [9.17, 15) is 0 Å². The minimum absolute atomic E-state index is 0.0330. The Balaban J connectivity index is 1.93. The van der Waals surface area contributed by atoms with Crippen molar-refractivity contribution in [3.05, 3.63) is 41.7 Å². The molecule has 0 amide bonds. The SMILES string of the molecule is CC(C)(C)CCCCc1ccc(-n2cc(C(C)(C)C)nn2)cc1. The van der Waals surface area contributed by atoms with Gasteiger partial charge in [-0.25, -0.2) is 4.68 Å². The predicted molar refractivity (Wildman–Crippen MR) is 97.1 cm³/mol. The van der Waals surface area contributed by atoms with Crippen molar-refractivity contribution in [2.24, 2.45) is 5.41 Å². The number of hydrogen-bond acceptors (Lipinski definition) is 2. The minimum atomic E-state index is 0.0330. The van der Waals surface area contributed by atoms with Crippen LogP contribution < -0.4 is 0 Å². The van der Waals surface area contributed by atoms with Crippen LogP contribution in [0.25, 0.3) is 5.69 Å². The molecule has 3 heteroatoms. The van der Waals surface area contributed by atoms with Crippen molar-refractivity contribution >= 4 is 0 Å². The molecule has 2 rings (SSSR count). The first-order valence-corrected chi connectivity index (χ1v) is 8.67. The Bertz CT molecular complexity index is 610. The molecule has 0 fully saturated rings. The number of aryl methyl sites for hydroxylation is 1. The molecule has 1 heterocycles. The maximum Gasteiger partial charge on any atom is 0.0885 e. The highest BCUT2D eigenvalue weighted by Crippen LogP contribution is 2.23. The Labute approximate surface area is 141 Å². The maximum atomic E-state index is 4.28. The fourth-order valence-electron chi connectivity index (χ4n) is 2.53. The minimum Gasteiger partial charge on any atom is -0.220 e. The van der Waals surface area contributed by atoms with Crippen LogP contribution in [0.2, 0.25) is 0 Å². The summed E-state index contributed by atoms with van der Waals surface area (Å²) in [5.41, 5.74) is 3.97. The molecule has 0 aliphatic carbocycles. The summed E-state index contributed by atoms with van der Waals surface area (Å²) in [7, 11) is 0. The molecule has 1 aromatic carbocycles. The summed E-state index contributed by atoms with van der Waals surface area (Å²) in [6.07, 6.45) is 7.02. The number of nitrogens with zero attached hydrogens (tertiary/aromatic N) is 3. The Kier molecular flexibility index (Phi) is 5.28. The average Bonchev–Trinajstić information content (AvgIpc) is 2.93. The molecular weight excluding hydrogens is 282 g/mol. The van der Waals surface area contributed by atoms with E-state index in [1.54, 1.807) is 0 Å². The first-order chi connectivity index (χ1) is 10.6. The molecule has 0 aliphatic heterocycles. The van der Waals surface area contributed by atoms with Crippen molar-refractivity contribution in [2.75, 3.05) is 0 Å². The fourth-order valence-corrected chi connectivity index (χ4v) is 2.53. The molecule has 0 aliphatic rings. The van der Waals surface area contributed by atoms with Gasteiger partial charge < -0.3 is 0 Å². The topological polar surface area (TPSA) is 30.7 Å². The summed E-state index contributed by atoms with van der Waals surface area (Å²) in [6, 6.07) is 8.70. The van der Waals surface area contributed by atoms with Crippen LogP contribution in [0.3, 0.4) is 0 Å². The Morgan fingerprint density at radius 2 is 1.57 bits per heavy atom. The van der Waals surface area contributed by atoms with E-state index in [0.717, 1.165) is 17.8 Å². The van der Waals surface area contributed by atoms with Crippen LogP contribution in [0.15, 0.2) is 30.5 Å². The van der Waals surface area contributed by atoms with E-state index < -0.39 is 0 Å². The number of unbranched alkanes of at least 4 members (excludes halogenated alkanes) is 1. The van der Waals surface area contributed by atoms with Gasteiger partial charge in [-0.15, -0.1) is 5.10 Å². The molecule has 0 radical (unpaired) electrons. The van der Waals surface area contributed by atoms with Gasteiger partial charge in [0.05, 0.1) is 17.6 Å². The lowest BCUT2D eigenvalue weighted by atomic mass is 9.89. The second kappa shape index (κ2) is 6.86. The van der Waals surface area contributed by atoms with Gasteiger partial charge in [-0.05, 0) is 42.4 Å². The standard InChI is InChI=1S/C20H31N3/c1-19(2,3)14-8-7-9-16-10-12-17(13-11-16)23-15-18(21-22-23)20(4,5)6/h10-13,15H,7-9,14H2,1-6H3. The summed E-state index contributed by atoms with van der Waals surface area (Å²) in [6.45, 7) is 13.4. The number of aromatic nitrogens is 3. The van der Waals surface area contributed by atoms with Crippen LogP contribution in [0.4, 0.5) is 0 Å². The van der Waals surface area contributed by atoms with Gasteiger partial charge in [-0.2, -0.15) is 0 Å². The van der Waals surface area contributed by atoms with E-state index in [1.165, 1.54) is 24.8 Å². The van der Waals surface area contributed by atoms with E-state index in [2.05, 4.69) is 76.1 Å². The van der Waals surface area contributed by atoms with Crippen LogP contribution in [0.1, 0.15) is 72.1 Å². The molecule has 0 atom stereocenters. The van der Waals surface area contributed by atoms with Gasteiger partial charge in [0.1, 0.15) is 0 Å². The summed E-state index contributed by atoms with van der Waals surface area (Å²) in [5, 5.41) is 8.53. The van der Waals surface area contributed by atoms with Crippen LogP contribution in [-0.2, 0) is 11.8 Å². The first kappa shape index (κ1) is 17.7. The van der Waals surface area contributed by atoms with Gasteiger partial charge in [0.2, 0.25) is 0 Å². The van der Waals surface area contributed by atoms with Crippen molar-refractivity contribution < 1.29 is 0 Å². The van der Waals surface area contributed by atoms with Crippen LogP contribution >= 0.6 is 0 Å². The quantitative estimate of drug-likeness (QED) is 0.699. The number of rotatable bonds is 5. The van der Waals surface area contributed by atoms with Crippen LogP contribution in [0.5, 0.6) is 0 Å². The predicted octanol–water partition coefficient (Wildman–Crippen LogP) is 5.32. The van der Waals surface area contributed by atoms with Gasteiger partial charge in [0.25, 0.3) is 0 Å². The highest BCUT2D eigenvalue weighted by atomic mass is 15.4. The fraction of sp³-hybridized carbons (Fsp3) is 0.600. The molecule has 126 valence electrons. The summed E-state index contributed by atoms with van der Waals surface area (Å²) < 4.78 is 1.87. The Morgan fingerprint density at radius 3 is 2.09 bits per heavy atom. The monoisotopic (exact) mass is 313 g/mol. The van der Waals surface area contributed by atoms with Crippen LogP contribution in [0, 0.1) is 5.41 Å². The lowest BCUT2D eigenvalue weighted by Gasteiger charge is -2.17. The molecule has 0 spiro atoms. The van der Waals surface area contributed by atoms with Gasteiger partial charge in [0.15, 0.2) is 0 Å². The second-order valence-electron chi connectivity index (χ2n) is 8.73. The van der Waals surface area contributed by atoms with Gasteiger partial charge in [-0.1, -0.05) is 65.3 Å². The van der Waals surface area contributed by atoms with E-state index in [4.69, 9.17) is 0 Å². The lowest BCUT2D eigenvalue weighted by Crippen LogP contribution is -2.11. The van der Waals surface area contributed by atoms with Gasteiger partial charge in [-0.3, -0.25) is 0 Å². The van der Waals surface area contributed by atoms with Crippen molar-refractivity contribution in [1.82, 2.24) is 15.0 Å². The molecule has 1 aromatic heterocycles. The van der Waals surface area contributed by atoms with Crippen molar-refractivity contribution in [3.8, 4) is 5.69 Å². The molecule has 0 saturated carbocycles. The molecule has 0 unspecified atom stereocenters. The van der Waals surface area contributed by atoms with E-state index >= 15 is 0 Å². The zero-order valence-corrected chi connectivity index (χ0v) is 15.6. The highest BCUT2D eigenvalue weighted by Gasteiger charge is 2.18.